The van der Waals surface area contributed by atoms with Gasteiger partial charge in [0.25, 0.3) is 0 Å². The standard InChI is InChI=1S/C5H6.C4H9.Li/c1-2-4-5-3-1;1-3-4-2;/h1-4H,5H2;1,3-4H2,2H3;. The maximum atomic E-state index is 2.21. The summed E-state index contributed by atoms with van der Waals surface area (Å²) in [6.07, 6.45) is 12.2. The maximum absolute atomic E-state index is 2.21. The fraction of sp³-hybridized carbons (Fsp3) is 0.556. The van der Waals surface area contributed by atoms with Gasteiger partial charge in [-0.3, -0.25) is 0 Å². The van der Waals surface area contributed by atoms with Gasteiger partial charge in [0, 0.05) is 0 Å². The first-order valence-electron chi connectivity index (χ1n) is 4.23. The Bertz CT molecular complexity index is 91.3. The van der Waals surface area contributed by atoms with Crippen molar-refractivity contribution in [2.45, 2.75) is 31.3 Å². The molecule has 0 heterocycles. The Morgan fingerprint density at radius 1 is 1.30 bits per heavy atom. The number of hydrogen-bond donors (Lipinski definition) is 0. The van der Waals surface area contributed by atoms with Crippen molar-refractivity contribution in [3.05, 3.63) is 24.3 Å². The van der Waals surface area contributed by atoms with Crippen LogP contribution in [0, 0.1) is 0 Å². The third-order valence-electron chi connectivity index (χ3n) is 1.36. The van der Waals surface area contributed by atoms with E-state index in [2.05, 4.69) is 48.9 Å². The van der Waals surface area contributed by atoms with Gasteiger partial charge in [-0.25, -0.2) is 0 Å². The van der Waals surface area contributed by atoms with Crippen molar-refractivity contribution >= 4 is 17.7 Å². The molecule has 0 amide bonds. The molecule has 0 aromatic carbocycles. The van der Waals surface area contributed by atoms with Gasteiger partial charge in [-0.15, -0.1) is 0 Å². The zero-order chi connectivity index (χ0) is 7.66. The zero-order valence-corrected chi connectivity index (χ0v) is 7.14. The monoisotopic (exact) mass is 130 g/mol. The topological polar surface area (TPSA) is 0 Å². The quantitative estimate of drug-likeness (QED) is 0.504. The molecule has 0 bridgehead atoms. The van der Waals surface area contributed by atoms with E-state index in [9.17, 15) is 0 Å². The summed E-state index contributed by atoms with van der Waals surface area (Å²) in [5.41, 5.74) is 0. The van der Waals surface area contributed by atoms with Gasteiger partial charge in [-0.05, 0) is 6.42 Å². The van der Waals surface area contributed by atoms with Crippen LogP contribution in [0.3, 0.4) is 0 Å². The molecule has 52 valence electrons. The van der Waals surface area contributed by atoms with Crippen molar-refractivity contribution in [1.82, 2.24) is 0 Å². The second kappa shape index (κ2) is 9.08. The van der Waals surface area contributed by atoms with Crippen LogP contribution in [-0.4, -0.2) is 17.7 Å². The number of unbranched alkanes of at least 4 members (excludes halogenated alkanes) is 1. The van der Waals surface area contributed by atoms with E-state index in [1.165, 1.54) is 17.9 Å². The minimum absolute atomic E-state index is 1.14. The molecule has 0 N–H and O–H groups in total. The summed E-state index contributed by atoms with van der Waals surface area (Å²) in [5, 5.41) is 1.34. The van der Waals surface area contributed by atoms with Gasteiger partial charge in [0.2, 0.25) is 0 Å². The summed E-state index contributed by atoms with van der Waals surface area (Å²) in [5.74, 6) is 0. The Morgan fingerprint density at radius 3 is 2.00 bits per heavy atom. The van der Waals surface area contributed by atoms with E-state index in [1.54, 1.807) is 0 Å². The molecule has 0 aliphatic heterocycles. The van der Waals surface area contributed by atoms with Gasteiger partial charge >= 0.3 is 42.6 Å². The first-order chi connectivity index (χ1) is 4.91. The molecule has 1 aliphatic carbocycles. The van der Waals surface area contributed by atoms with Crippen LogP contribution in [0.4, 0.5) is 0 Å². The summed E-state index contributed by atoms with van der Waals surface area (Å²) in [6, 6.07) is 0. The molecule has 1 rings (SSSR count). The van der Waals surface area contributed by atoms with E-state index >= 15 is 0 Å². The number of rotatable bonds is 2. The van der Waals surface area contributed by atoms with Crippen LogP contribution in [0.5, 0.6) is 0 Å². The van der Waals surface area contributed by atoms with Crippen LogP contribution < -0.4 is 0 Å². The SMILES string of the molecule is C1=CCC=C1.[Li][CH2]CCC. The molecule has 0 saturated heterocycles. The number of allylic oxidation sites excluding steroid dienone is 4. The first kappa shape index (κ1) is 10.1. The van der Waals surface area contributed by atoms with Crippen molar-refractivity contribution in [2.75, 3.05) is 0 Å². The third-order valence-corrected chi connectivity index (χ3v) is 1.36. The molecule has 0 unspecified atom stereocenters. The molecule has 0 spiro atoms. The summed E-state index contributed by atoms with van der Waals surface area (Å²) >= 11 is 2.21. The average molecular weight is 130 g/mol. The fourth-order valence-electron chi connectivity index (χ4n) is 0.746. The van der Waals surface area contributed by atoms with Crippen LogP contribution >= 0.6 is 0 Å². The van der Waals surface area contributed by atoms with Gasteiger partial charge in [-0.2, -0.15) is 0 Å². The van der Waals surface area contributed by atoms with Gasteiger partial charge in [-0.1, -0.05) is 24.3 Å². The zero-order valence-electron chi connectivity index (χ0n) is 7.14. The normalized spacial score (nSPS) is 13.1. The van der Waals surface area contributed by atoms with Crippen molar-refractivity contribution < 1.29 is 0 Å². The Kier molecular flexibility index (Phi) is 9.15. The Balaban J connectivity index is 0.000000162. The van der Waals surface area contributed by atoms with E-state index in [-0.39, 0.29) is 0 Å². The summed E-state index contributed by atoms with van der Waals surface area (Å²) in [6.45, 7) is 2.21. The summed E-state index contributed by atoms with van der Waals surface area (Å²) < 4.78 is 0. The molecule has 0 aromatic rings. The Hall–Kier alpha value is 0.0774. The van der Waals surface area contributed by atoms with Gasteiger partial charge in [0.1, 0.15) is 0 Å². The van der Waals surface area contributed by atoms with Crippen LogP contribution in [-0.2, 0) is 0 Å². The molecule has 1 heteroatoms. The first-order valence-corrected chi connectivity index (χ1v) is 4.23. The molecule has 0 atom stereocenters. The molecular weight excluding hydrogens is 115 g/mol. The van der Waals surface area contributed by atoms with Crippen molar-refractivity contribution in [3.63, 3.8) is 0 Å². The molecular formula is C9H15Li. The van der Waals surface area contributed by atoms with Crippen molar-refractivity contribution in [3.8, 4) is 0 Å². The molecule has 0 nitrogen and oxygen atoms in total. The average Bonchev–Trinajstić information content (AvgIpc) is 2.44. The third kappa shape index (κ3) is 8.08. The van der Waals surface area contributed by atoms with Crippen LogP contribution in [0.1, 0.15) is 26.2 Å². The molecule has 10 heavy (non-hydrogen) atoms. The Morgan fingerprint density at radius 2 is 1.90 bits per heavy atom. The van der Waals surface area contributed by atoms with E-state index in [1.807, 2.05) is 0 Å². The second-order valence-corrected chi connectivity index (χ2v) is 2.45. The van der Waals surface area contributed by atoms with Gasteiger partial charge in [0.05, 0.1) is 0 Å². The van der Waals surface area contributed by atoms with Gasteiger partial charge in [0.15, 0.2) is 0 Å². The summed E-state index contributed by atoms with van der Waals surface area (Å²) in [7, 11) is 0. The molecule has 0 saturated carbocycles. The van der Waals surface area contributed by atoms with E-state index in [4.69, 9.17) is 0 Å². The number of hydrogen-bond acceptors (Lipinski definition) is 0. The molecule has 1 aliphatic rings. The Labute approximate surface area is 73.6 Å². The molecule has 0 radical (unpaired) electrons. The fourth-order valence-corrected chi connectivity index (χ4v) is 0.746. The predicted molar refractivity (Wildman–Crippen MR) is 48.4 cm³/mol. The van der Waals surface area contributed by atoms with Crippen LogP contribution in [0.25, 0.3) is 0 Å². The molecule has 0 fully saturated rings. The predicted octanol–water partition coefficient (Wildman–Crippen LogP) is 2.88. The van der Waals surface area contributed by atoms with Crippen molar-refractivity contribution in [2.24, 2.45) is 0 Å². The van der Waals surface area contributed by atoms with Crippen LogP contribution in [0.15, 0.2) is 24.3 Å². The van der Waals surface area contributed by atoms with E-state index in [0.29, 0.717) is 0 Å². The minimum atomic E-state index is 1.14. The van der Waals surface area contributed by atoms with E-state index in [0.717, 1.165) is 6.42 Å². The van der Waals surface area contributed by atoms with Gasteiger partial charge < -0.3 is 0 Å². The summed E-state index contributed by atoms with van der Waals surface area (Å²) in [4.78, 5) is 0. The van der Waals surface area contributed by atoms with Crippen molar-refractivity contribution in [1.29, 1.82) is 0 Å². The van der Waals surface area contributed by atoms with Crippen LogP contribution in [0.2, 0.25) is 5.09 Å². The van der Waals surface area contributed by atoms with E-state index < -0.39 is 0 Å². The molecule has 0 aromatic heterocycles. The second-order valence-electron chi connectivity index (χ2n) is 2.45.